The fraction of sp³-hybridized carbons (Fsp3) is 0.0769. The standard InChI is InChI=1S/C26H20ClN3O3/c27-21-8-5-18(6-9-21)15-30-16-22(14-28-30)29-26(31)25-12-11-24(33-25)17-32-23-10-7-19-3-1-2-4-20(19)13-23/h1-14,16H,15,17H2,(H,29,31). The van der Waals surface area contributed by atoms with Gasteiger partial charge in [0.25, 0.3) is 5.91 Å². The summed E-state index contributed by atoms with van der Waals surface area (Å²) in [4.78, 5) is 12.6. The predicted molar refractivity (Wildman–Crippen MR) is 128 cm³/mol. The molecule has 5 aromatic rings. The Hall–Kier alpha value is -4.03. The number of hydrogen-bond donors (Lipinski definition) is 1. The van der Waals surface area contributed by atoms with Gasteiger partial charge in [-0.15, -0.1) is 0 Å². The van der Waals surface area contributed by atoms with Gasteiger partial charge in [-0.2, -0.15) is 5.10 Å². The van der Waals surface area contributed by atoms with Gasteiger partial charge in [0.2, 0.25) is 0 Å². The summed E-state index contributed by atoms with van der Waals surface area (Å²) in [6, 6.07) is 24.9. The molecule has 5 rings (SSSR count). The van der Waals surface area contributed by atoms with Gasteiger partial charge >= 0.3 is 0 Å². The van der Waals surface area contributed by atoms with Crippen LogP contribution in [0.5, 0.6) is 5.75 Å². The second-order valence-corrected chi connectivity index (χ2v) is 8.01. The Morgan fingerprint density at radius 2 is 1.82 bits per heavy atom. The maximum atomic E-state index is 12.6. The van der Waals surface area contributed by atoms with E-state index in [9.17, 15) is 4.79 Å². The molecule has 0 aliphatic carbocycles. The van der Waals surface area contributed by atoms with Crippen LogP contribution in [0.3, 0.4) is 0 Å². The van der Waals surface area contributed by atoms with Gasteiger partial charge < -0.3 is 14.5 Å². The zero-order valence-corrected chi connectivity index (χ0v) is 18.3. The van der Waals surface area contributed by atoms with Crippen LogP contribution in [0.15, 0.2) is 95.7 Å². The van der Waals surface area contributed by atoms with Gasteiger partial charge in [0.05, 0.1) is 18.4 Å². The predicted octanol–water partition coefficient (Wildman–Crippen LogP) is 6.16. The number of hydrogen-bond acceptors (Lipinski definition) is 4. The van der Waals surface area contributed by atoms with Crippen LogP contribution in [0.25, 0.3) is 10.8 Å². The third-order valence-corrected chi connectivity index (χ3v) is 5.39. The van der Waals surface area contributed by atoms with E-state index in [1.807, 2.05) is 60.7 Å². The average Bonchev–Trinajstić information content (AvgIpc) is 3.49. The molecule has 0 radical (unpaired) electrons. The average molecular weight is 458 g/mol. The molecule has 33 heavy (non-hydrogen) atoms. The molecule has 0 spiro atoms. The zero-order valence-electron chi connectivity index (χ0n) is 17.6. The second kappa shape index (κ2) is 9.22. The van der Waals surface area contributed by atoms with Crippen LogP contribution in [0.1, 0.15) is 21.9 Å². The van der Waals surface area contributed by atoms with Crippen molar-refractivity contribution >= 4 is 34.0 Å². The summed E-state index contributed by atoms with van der Waals surface area (Å²) >= 11 is 5.92. The van der Waals surface area contributed by atoms with Crippen molar-refractivity contribution < 1.29 is 13.9 Å². The Morgan fingerprint density at radius 1 is 1.00 bits per heavy atom. The number of fused-ring (bicyclic) bond motifs is 1. The van der Waals surface area contributed by atoms with Crippen LogP contribution in [-0.2, 0) is 13.2 Å². The first-order valence-corrected chi connectivity index (χ1v) is 10.8. The summed E-state index contributed by atoms with van der Waals surface area (Å²) in [6.07, 6.45) is 3.36. The van der Waals surface area contributed by atoms with Crippen LogP contribution in [0.4, 0.5) is 5.69 Å². The molecular weight excluding hydrogens is 438 g/mol. The highest BCUT2D eigenvalue weighted by molar-refractivity contribution is 6.30. The van der Waals surface area contributed by atoms with Gasteiger partial charge in [-0.3, -0.25) is 9.48 Å². The monoisotopic (exact) mass is 457 g/mol. The van der Waals surface area contributed by atoms with Crippen molar-refractivity contribution in [3.63, 3.8) is 0 Å². The number of rotatable bonds is 7. The molecule has 3 aromatic carbocycles. The van der Waals surface area contributed by atoms with E-state index < -0.39 is 0 Å². The summed E-state index contributed by atoms with van der Waals surface area (Å²) < 4.78 is 13.2. The smallest absolute Gasteiger partial charge is 0.291 e. The molecule has 0 atom stereocenters. The lowest BCUT2D eigenvalue weighted by molar-refractivity contribution is 0.0992. The Kier molecular flexibility index (Phi) is 5.83. The van der Waals surface area contributed by atoms with Crippen molar-refractivity contribution in [3.8, 4) is 5.75 Å². The number of nitrogens with zero attached hydrogens (tertiary/aromatic N) is 2. The molecule has 0 aliphatic heterocycles. The highest BCUT2D eigenvalue weighted by Gasteiger charge is 2.13. The highest BCUT2D eigenvalue weighted by Crippen LogP contribution is 2.22. The van der Waals surface area contributed by atoms with Crippen molar-refractivity contribution in [1.29, 1.82) is 0 Å². The highest BCUT2D eigenvalue weighted by atomic mass is 35.5. The first-order valence-electron chi connectivity index (χ1n) is 10.4. The number of amides is 1. The van der Waals surface area contributed by atoms with Crippen molar-refractivity contribution in [1.82, 2.24) is 9.78 Å². The van der Waals surface area contributed by atoms with Crippen molar-refractivity contribution in [2.45, 2.75) is 13.2 Å². The first-order chi connectivity index (χ1) is 16.1. The molecule has 2 aromatic heterocycles. The van der Waals surface area contributed by atoms with E-state index in [1.54, 1.807) is 29.2 Å². The lowest BCUT2D eigenvalue weighted by Crippen LogP contribution is -2.10. The molecular formula is C26H20ClN3O3. The van der Waals surface area contributed by atoms with E-state index >= 15 is 0 Å². The summed E-state index contributed by atoms with van der Waals surface area (Å²) in [5.41, 5.74) is 1.64. The SMILES string of the molecule is O=C(Nc1cnn(Cc2ccc(Cl)cc2)c1)c1ccc(COc2ccc3ccccc3c2)o1. The summed E-state index contributed by atoms with van der Waals surface area (Å²) in [7, 11) is 0. The molecule has 6 nitrogen and oxygen atoms in total. The fourth-order valence-corrected chi connectivity index (χ4v) is 3.60. The van der Waals surface area contributed by atoms with Crippen molar-refractivity contribution in [3.05, 3.63) is 113 Å². The second-order valence-electron chi connectivity index (χ2n) is 7.57. The van der Waals surface area contributed by atoms with E-state index in [1.165, 1.54) is 0 Å². The fourth-order valence-electron chi connectivity index (χ4n) is 3.47. The van der Waals surface area contributed by atoms with Crippen LogP contribution < -0.4 is 10.1 Å². The van der Waals surface area contributed by atoms with Gasteiger partial charge in [0.15, 0.2) is 5.76 Å². The summed E-state index contributed by atoms with van der Waals surface area (Å²) in [5.74, 6) is 1.16. The molecule has 0 bridgehead atoms. The maximum absolute atomic E-state index is 12.6. The number of anilines is 1. The number of carbonyl (C=O) groups excluding carboxylic acids is 1. The number of furan rings is 1. The minimum absolute atomic E-state index is 0.206. The third-order valence-electron chi connectivity index (χ3n) is 5.14. The minimum Gasteiger partial charge on any atom is -0.486 e. The molecule has 0 unspecified atom stereocenters. The zero-order chi connectivity index (χ0) is 22.6. The van der Waals surface area contributed by atoms with Crippen LogP contribution in [0, 0.1) is 0 Å². The van der Waals surface area contributed by atoms with Gasteiger partial charge in [0, 0.05) is 11.2 Å². The van der Waals surface area contributed by atoms with Crippen LogP contribution >= 0.6 is 11.6 Å². The number of benzene rings is 3. The topological polar surface area (TPSA) is 69.3 Å². The molecule has 0 fully saturated rings. The Balaban J connectivity index is 1.18. The van der Waals surface area contributed by atoms with Crippen molar-refractivity contribution in [2.24, 2.45) is 0 Å². The summed E-state index contributed by atoms with van der Waals surface area (Å²) in [6.45, 7) is 0.800. The number of carbonyl (C=O) groups is 1. The quantitative estimate of drug-likeness (QED) is 0.317. The van der Waals surface area contributed by atoms with Gasteiger partial charge in [-0.05, 0) is 52.7 Å². The lowest BCUT2D eigenvalue weighted by atomic mass is 10.1. The molecule has 2 heterocycles. The Bertz CT molecular complexity index is 1410. The molecule has 0 saturated heterocycles. The van der Waals surface area contributed by atoms with Crippen LogP contribution in [-0.4, -0.2) is 15.7 Å². The molecule has 164 valence electrons. The van der Waals surface area contributed by atoms with Crippen molar-refractivity contribution in [2.75, 3.05) is 5.32 Å². The normalized spacial score (nSPS) is 10.9. The third kappa shape index (κ3) is 5.07. The molecule has 0 aliphatic rings. The van der Waals surface area contributed by atoms with E-state index in [4.69, 9.17) is 20.8 Å². The number of ether oxygens (including phenoxy) is 1. The molecule has 1 amide bonds. The lowest BCUT2D eigenvalue weighted by Gasteiger charge is -2.06. The number of aromatic nitrogens is 2. The largest absolute Gasteiger partial charge is 0.486 e. The number of nitrogens with one attached hydrogen (secondary N) is 1. The van der Waals surface area contributed by atoms with Gasteiger partial charge in [-0.1, -0.05) is 54.1 Å². The maximum Gasteiger partial charge on any atom is 0.291 e. The Labute approximate surface area is 195 Å². The van der Waals surface area contributed by atoms with E-state index in [2.05, 4.69) is 16.5 Å². The van der Waals surface area contributed by atoms with E-state index in [0.717, 1.165) is 22.1 Å². The number of halogens is 1. The van der Waals surface area contributed by atoms with E-state index in [-0.39, 0.29) is 18.3 Å². The molecule has 0 saturated carbocycles. The summed E-state index contributed by atoms with van der Waals surface area (Å²) in [5, 5.41) is 10.0. The van der Waals surface area contributed by atoms with Gasteiger partial charge in [0.1, 0.15) is 18.1 Å². The van der Waals surface area contributed by atoms with Gasteiger partial charge in [-0.25, -0.2) is 0 Å². The Morgan fingerprint density at radius 3 is 2.67 bits per heavy atom. The first kappa shape index (κ1) is 20.8. The molecule has 1 N–H and O–H groups in total. The van der Waals surface area contributed by atoms with Crippen LogP contribution in [0.2, 0.25) is 5.02 Å². The van der Waals surface area contributed by atoms with E-state index in [0.29, 0.717) is 23.0 Å². The molecule has 7 heteroatoms. The minimum atomic E-state index is -0.349.